The number of rotatable bonds is 4. The minimum atomic E-state index is -0.648. The van der Waals surface area contributed by atoms with E-state index >= 15 is 0 Å². The third kappa shape index (κ3) is 3.65. The van der Waals surface area contributed by atoms with Gasteiger partial charge < -0.3 is 9.80 Å². The Kier molecular flexibility index (Phi) is 5.09. The number of thiophene rings is 1. The van der Waals surface area contributed by atoms with Gasteiger partial charge in [-0.25, -0.2) is 0 Å². The van der Waals surface area contributed by atoms with Crippen molar-refractivity contribution in [2.45, 2.75) is 50.7 Å². The van der Waals surface area contributed by atoms with Gasteiger partial charge in [-0.15, -0.1) is 11.3 Å². The van der Waals surface area contributed by atoms with E-state index in [1.807, 2.05) is 11.0 Å². The summed E-state index contributed by atoms with van der Waals surface area (Å²) >= 11 is 1.72. The zero-order chi connectivity index (χ0) is 21.5. The van der Waals surface area contributed by atoms with E-state index in [2.05, 4.69) is 16.8 Å². The predicted molar refractivity (Wildman–Crippen MR) is 115 cm³/mol. The van der Waals surface area contributed by atoms with Gasteiger partial charge in [-0.05, 0) is 54.5 Å². The minimum Gasteiger partial charge on any atom is -0.335 e. The average molecular weight is 438 g/mol. The van der Waals surface area contributed by atoms with Crippen LogP contribution in [0.5, 0.6) is 0 Å². The van der Waals surface area contributed by atoms with E-state index in [1.165, 1.54) is 9.78 Å². The summed E-state index contributed by atoms with van der Waals surface area (Å²) in [5, 5.41) is 4.37. The first kappa shape index (κ1) is 19.9. The lowest BCUT2D eigenvalue weighted by Gasteiger charge is -2.29. The molecule has 160 valence electrons. The van der Waals surface area contributed by atoms with Gasteiger partial charge in [-0.1, -0.05) is 6.07 Å². The van der Waals surface area contributed by atoms with Crippen molar-refractivity contribution in [2.24, 2.45) is 0 Å². The van der Waals surface area contributed by atoms with Crippen molar-refractivity contribution >= 4 is 35.0 Å². The topological polar surface area (TPSA) is 86.8 Å². The highest BCUT2D eigenvalue weighted by Gasteiger charge is 2.39. The Bertz CT molecular complexity index is 1060. The third-order valence-corrected chi connectivity index (χ3v) is 7.32. The molecule has 0 saturated carbocycles. The van der Waals surface area contributed by atoms with Crippen molar-refractivity contribution in [1.29, 1.82) is 0 Å². The van der Waals surface area contributed by atoms with E-state index in [0.717, 1.165) is 31.4 Å². The maximum atomic E-state index is 13.3. The van der Waals surface area contributed by atoms with E-state index in [1.54, 1.807) is 29.5 Å². The Morgan fingerprint density at radius 1 is 1.16 bits per heavy atom. The summed E-state index contributed by atoms with van der Waals surface area (Å²) in [5.74, 6) is -0.961. The first-order valence-electron chi connectivity index (χ1n) is 10.6. The molecular weight excluding hydrogens is 414 g/mol. The highest BCUT2D eigenvalue weighted by Crippen LogP contribution is 2.30. The van der Waals surface area contributed by atoms with Crippen molar-refractivity contribution < 1.29 is 19.2 Å². The first-order chi connectivity index (χ1) is 15.0. The van der Waals surface area contributed by atoms with E-state index in [4.69, 9.17) is 0 Å². The number of amides is 4. The number of nitrogens with zero attached hydrogens (tertiary/aromatic N) is 2. The summed E-state index contributed by atoms with van der Waals surface area (Å²) in [6.45, 7) is 1.02. The fourth-order valence-corrected chi connectivity index (χ4v) is 5.63. The van der Waals surface area contributed by atoms with Crippen LogP contribution in [0.3, 0.4) is 0 Å². The maximum absolute atomic E-state index is 13.3. The number of carbonyl (C=O) groups is 4. The summed E-state index contributed by atoms with van der Waals surface area (Å²) in [4.78, 5) is 54.5. The lowest BCUT2D eigenvalue weighted by atomic mass is 10.0. The molecule has 1 aromatic heterocycles. The van der Waals surface area contributed by atoms with Gasteiger partial charge in [0.05, 0.1) is 0 Å². The molecular formula is C23H23N3O4S. The fourth-order valence-electron chi connectivity index (χ4n) is 4.85. The SMILES string of the molecule is O=C1CCC(N2Cc3cc(C(=O)N4CCC[C@H]4Cc4cccs4)ccc3C2=O)C(=O)N1. The number of likely N-dealkylation sites (tertiary alicyclic amines) is 1. The van der Waals surface area contributed by atoms with Gasteiger partial charge in [-0.3, -0.25) is 24.5 Å². The Morgan fingerprint density at radius 3 is 2.81 bits per heavy atom. The van der Waals surface area contributed by atoms with Gasteiger partial charge in [0.2, 0.25) is 11.8 Å². The van der Waals surface area contributed by atoms with Crippen molar-refractivity contribution in [2.75, 3.05) is 6.54 Å². The van der Waals surface area contributed by atoms with Crippen LogP contribution in [0.25, 0.3) is 0 Å². The van der Waals surface area contributed by atoms with Crippen LogP contribution >= 0.6 is 11.3 Å². The molecule has 31 heavy (non-hydrogen) atoms. The van der Waals surface area contributed by atoms with Gasteiger partial charge in [0.15, 0.2) is 0 Å². The van der Waals surface area contributed by atoms with Crippen molar-refractivity contribution in [3.63, 3.8) is 0 Å². The number of hydrogen-bond acceptors (Lipinski definition) is 5. The van der Waals surface area contributed by atoms with Crippen LogP contribution in [-0.2, 0) is 22.6 Å². The number of imide groups is 1. The Balaban J connectivity index is 1.33. The second-order valence-electron chi connectivity index (χ2n) is 8.35. The van der Waals surface area contributed by atoms with Crippen LogP contribution in [0.15, 0.2) is 35.7 Å². The first-order valence-corrected chi connectivity index (χ1v) is 11.5. The Hall–Kier alpha value is -3.00. The summed E-state index contributed by atoms with van der Waals surface area (Å²) in [6, 6.07) is 8.89. The van der Waals surface area contributed by atoms with Gasteiger partial charge in [0, 0.05) is 48.0 Å². The van der Waals surface area contributed by atoms with Gasteiger partial charge in [0.25, 0.3) is 11.8 Å². The molecule has 7 nitrogen and oxygen atoms in total. The molecule has 2 atom stereocenters. The zero-order valence-electron chi connectivity index (χ0n) is 17.0. The maximum Gasteiger partial charge on any atom is 0.255 e. The molecule has 4 amide bonds. The van der Waals surface area contributed by atoms with E-state index in [9.17, 15) is 19.2 Å². The molecule has 0 bridgehead atoms. The summed E-state index contributed by atoms with van der Waals surface area (Å²) in [6.07, 6.45) is 3.41. The van der Waals surface area contributed by atoms with Crippen LogP contribution in [0.1, 0.15) is 56.8 Å². The second kappa shape index (κ2) is 7.92. The molecule has 1 N–H and O–H groups in total. The van der Waals surface area contributed by atoms with Crippen LogP contribution in [0.4, 0.5) is 0 Å². The fraction of sp³-hybridized carbons (Fsp3) is 0.391. The van der Waals surface area contributed by atoms with Crippen molar-refractivity contribution in [1.82, 2.24) is 15.1 Å². The number of fused-ring (bicyclic) bond motifs is 1. The van der Waals surface area contributed by atoms with Crippen molar-refractivity contribution in [3.8, 4) is 0 Å². The molecule has 4 heterocycles. The van der Waals surface area contributed by atoms with E-state index in [-0.39, 0.29) is 36.7 Å². The number of nitrogens with one attached hydrogen (secondary N) is 1. The van der Waals surface area contributed by atoms with Crippen LogP contribution < -0.4 is 5.32 Å². The molecule has 8 heteroatoms. The third-order valence-electron chi connectivity index (χ3n) is 6.43. The molecule has 2 aromatic rings. The largest absolute Gasteiger partial charge is 0.335 e. The molecule has 2 saturated heterocycles. The van der Waals surface area contributed by atoms with Crippen LogP contribution in [-0.4, -0.2) is 52.1 Å². The van der Waals surface area contributed by atoms with Gasteiger partial charge >= 0.3 is 0 Å². The second-order valence-corrected chi connectivity index (χ2v) is 9.38. The predicted octanol–water partition coefficient (Wildman–Crippen LogP) is 2.36. The number of benzene rings is 1. The quantitative estimate of drug-likeness (QED) is 0.744. The summed E-state index contributed by atoms with van der Waals surface area (Å²) in [5.41, 5.74) is 1.86. The zero-order valence-corrected chi connectivity index (χ0v) is 17.8. The smallest absolute Gasteiger partial charge is 0.255 e. The minimum absolute atomic E-state index is 0.00578. The molecule has 3 aliphatic heterocycles. The standard InChI is InChI=1S/C23H23N3O4S/c27-20-8-7-19(21(28)24-20)26-13-15-11-14(5-6-18(15)23(26)30)22(29)25-9-1-3-16(25)12-17-4-2-10-31-17/h2,4-6,10-11,16,19H,1,3,7-9,12-13H2,(H,24,27,28)/t16-,19?/m0/s1. The summed E-state index contributed by atoms with van der Waals surface area (Å²) in [7, 11) is 0. The molecule has 1 aromatic carbocycles. The van der Waals surface area contributed by atoms with Crippen LogP contribution in [0.2, 0.25) is 0 Å². The highest BCUT2D eigenvalue weighted by molar-refractivity contribution is 7.09. The normalized spacial score (nSPS) is 23.3. The Morgan fingerprint density at radius 2 is 2.03 bits per heavy atom. The monoisotopic (exact) mass is 437 g/mol. The average Bonchev–Trinajstić information content (AvgIpc) is 3.49. The molecule has 1 unspecified atom stereocenters. The summed E-state index contributed by atoms with van der Waals surface area (Å²) < 4.78 is 0. The molecule has 3 aliphatic rings. The van der Waals surface area contributed by atoms with E-state index < -0.39 is 11.9 Å². The lowest BCUT2D eigenvalue weighted by molar-refractivity contribution is -0.136. The van der Waals surface area contributed by atoms with Crippen molar-refractivity contribution in [3.05, 3.63) is 57.3 Å². The molecule has 0 aliphatic carbocycles. The Labute approximate surface area is 184 Å². The lowest BCUT2D eigenvalue weighted by Crippen LogP contribution is -2.52. The number of carbonyl (C=O) groups excluding carboxylic acids is 4. The highest BCUT2D eigenvalue weighted by atomic mass is 32.1. The molecule has 5 rings (SSSR count). The van der Waals surface area contributed by atoms with Crippen LogP contribution in [0, 0.1) is 0 Å². The van der Waals surface area contributed by atoms with Gasteiger partial charge in [0.1, 0.15) is 6.04 Å². The van der Waals surface area contributed by atoms with Gasteiger partial charge in [-0.2, -0.15) is 0 Å². The molecule has 0 radical (unpaired) electrons. The molecule has 0 spiro atoms. The number of piperidine rings is 1. The van der Waals surface area contributed by atoms with E-state index in [0.29, 0.717) is 17.5 Å². The molecule has 2 fully saturated rings. The number of hydrogen-bond donors (Lipinski definition) is 1.